The van der Waals surface area contributed by atoms with Crippen LogP contribution in [0.4, 0.5) is 5.69 Å². The molecule has 0 aliphatic carbocycles. The normalized spacial score (nSPS) is 10.9. The van der Waals surface area contributed by atoms with Crippen molar-refractivity contribution in [1.29, 1.82) is 0 Å². The van der Waals surface area contributed by atoms with Gasteiger partial charge in [-0.2, -0.15) is 10.2 Å². The number of aromatic nitrogens is 5. The van der Waals surface area contributed by atoms with Gasteiger partial charge in [0.1, 0.15) is 5.82 Å². The van der Waals surface area contributed by atoms with Crippen LogP contribution in [-0.2, 0) is 6.54 Å². The number of hydrogen-bond donors (Lipinski definition) is 1. The van der Waals surface area contributed by atoms with Crippen molar-refractivity contribution in [1.82, 2.24) is 24.4 Å². The number of amides is 1. The number of rotatable bonds is 4. The van der Waals surface area contributed by atoms with Gasteiger partial charge in [0.25, 0.3) is 5.91 Å². The molecule has 0 fully saturated rings. The fourth-order valence-corrected chi connectivity index (χ4v) is 2.64. The van der Waals surface area contributed by atoms with E-state index in [1.807, 2.05) is 43.3 Å². The SMILES string of the molecule is Cc1nc2c(NC(=O)c3cnn(Cc4ccccc4)c3)cccn2n1. The Bertz CT molecular complexity index is 1030. The Morgan fingerprint density at radius 3 is 2.84 bits per heavy atom. The standard InChI is InChI=1S/C18H16N6O/c1-13-20-17-16(8-5-9-24(17)22-13)21-18(25)15-10-19-23(12-15)11-14-6-3-2-4-7-14/h2-10,12H,11H2,1H3,(H,21,25). The highest BCUT2D eigenvalue weighted by Gasteiger charge is 2.12. The van der Waals surface area contributed by atoms with Crippen molar-refractivity contribution in [2.45, 2.75) is 13.5 Å². The zero-order valence-electron chi connectivity index (χ0n) is 13.6. The summed E-state index contributed by atoms with van der Waals surface area (Å²) in [6.07, 6.45) is 5.09. The molecule has 0 unspecified atom stereocenters. The van der Waals surface area contributed by atoms with Gasteiger partial charge in [0.15, 0.2) is 5.65 Å². The summed E-state index contributed by atoms with van der Waals surface area (Å²) in [5, 5.41) is 11.4. The van der Waals surface area contributed by atoms with E-state index in [9.17, 15) is 4.79 Å². The first-order valence-corrected chi connectivity index (χ1v) is 7.89. The average Bonchev–Trinajstić information content (AvgIpc) is 3.22. The van der Waals surface area contributed by atoms with Gasteiger partial charge in [-0.3, -0.25) is 9.48 Å². The Balaban J connectivity index is 1.53. The second kappa shape index (κ2) is 6.20. The lowest BCUT2D eigenvalue weighted by Gasteiger charge is -2.04. The number of aryl methyl sites for hydroxylation is 1. The molecule has 0 saturated carbocycles. The molecule has 25 heavy (non-hydrogen) atoms. The van der Waals surface area contributed by atoms with E-state index in [0.29, 0.717) is 29.3 Å². The molecule has 1 amide bonds. The first-order chi connectivity index (χ1) is 12.2. The number of carbonyl (C=O) groups is 1. The molecule has 4 aromatic rings. The van der Waals surface area contributed by atoms with Crippen LogP contribution in [0.15, 0.2) is 61.1 Å². The zero-order valence-corrected chi connectivity index (χ0v) is 13.6. The Morgan fingerprint density at radius 2 is 2.00 bits per heavy atom. The summed E-state index contributed by atoms with van der Waals surface area (Å²) in [6, 6.07) is 13.6. The van der Waals surface area contributed by atoms with Crippen LogP contribution in [-0.4, -0.2) is 30.3 Å². The first kappa shape index (κ1) is 15.1. The minimum absolute atomic E-state index is 0.229. The maximum atomic E-state index is 12.5. The van der Waals surface area contributed by atoms with Crippen molar-refractivity contribution in [2.24, 2.45) is 0 Å². The van der Waals surface area contributed by atoms with Crippen LogP contribution < -0.4 is 5.32 Å². The minimum atomic E-state index is -0.229. The lowest BCUT2D eigenvalue weighted by atomic mass is 10.2. The molecule has 7 heteroatoms. The van der Waals surface area contributed by atoms with Gasteiger partial charge in [-0.25, -0.2) is 9.50 Å². The summed E-state index contributed by atoms with van der Waals surface area (Å²) in [5.74, 6) is 0.422. The molecule has 0 bridgehead atoms. The first-order valence-electron chi connectivity index (χ1n) is 7.89. The monoisotopic (exact) mass is 332 g/mol. The smallest absolute Gasteiger partial charge is 0.258 e. The number of fused-ring (bicyclic) bond motifs is 1. The molecule has 0 aliphatic rings. The predicted octanol–water partition coefficient (Wildman–Crippen LogP) is 2.53. The van der Waals surface area contributed by atoms with Crippen LogP contribution in [0.2, 0.25) is 0 Å². The molecule has 7 nitrogen and oxygen atoms in total. The van der Waals surface area contributed by atoms with E-state index in [4.69, 9.17) is 0 Å². The lowest BCUT2D eigenvalue weighted by Crippen LogP contribution is -2.12. The van der Waals surface area contributed by atoms with Gasteiger partial charge >= 0.3 is 0 Å². The topological polar surface area (TPSA) is 77.1 Å². The maximum absolute atomic E-state index is 12.5. The van der Waals surface area contributed by atoms with Gasteiger partial charge in [0, 0.05) is 12.4 Å². The second-order valence-electron chi connectivity index (χ2n) is 5.72. The highest BCUT2D eigenvalue weighted by atomic mass is 16.1. The number of benzene rings is 1. The second-order valence-corrected chi connectivity index (χ2v) is 5.72. The molecule has 4 rings (SSSR count). The molecule has 1 N–H and O–H groups in total. The third-order valence-corrected chi connectivity index (χ3v) is 3.80. The number of pyridine rings is 1. The summed E-state index contributed by atoms with van der Waals surface area (Å²) in [5.41, 5.74) is 2.85. The molecule has 124 valence electrons. The van der Waals surface area contributed by atoms with Crippen molar-refractivity contribution >= 4 is 17.2 Å². The molecule has 0 radical (unpaired) electrons. The fourth-order valence-electron chi connectivity index (χ4n) is 2.64. The molecular weight excluding hydrogens is 316 g/mol. The molecule has 3 aromatic heterocycles. The number of carbonyl (C=O) groups excluding carboxylic acids is 1. The van der Waals surface area contributed by atoms with Crippen LogP contribution in [0.25, 0.3) is 5.65 Å². The van der Waals surface area contributed by atoms with Gasteiger partial charge in [0.05, 0.1) is 24.0 Å². The quantitative estimate of drug-likeness (QED) is 0.623. The van der Waals surface area contributed by atoms with E-state index >= 15 is 0 Å². The fraction of sp³-hybridized carbons (Fsp3) is 0.111. The van der Waals surface area contributed by atoms with E-state index < -0.39 is 0 Å². The van der Waals surface area contributed by atoms with Gasteiger partial charge in [-0.1, -0.05) is 30.3 Å². The predicted molar refractivity (Wildman–Crippen MR) is 93.4 cm³/mol. The van der Waals surface area contributed by atoms with Crippen molar-refractivity contribution < 1.29 is 4.79 Å². The summed E-state index contributed by atoms with van der Waals surface area (Å²) >= 11 is 0. The zero-order chi connectivity index (χ0) is 17.2. The van der Waals surface area contributed by atoms with Crippen LogP contribution in [0, 0.1) is 6.92 Å². The Kier molecular flexibility index (Phi) is 3.74. The van der Waals surface area contributed by atoms with Crippen LogP contribution in [0.5, 0.6) is 0 Å². The number of hydrogen-bond acceptors (Lipinski definition) is 4. The Hall–Kier alpha value is -3.48. The lowest BCUT2D eigenvalue weighted by molar-refractivity contribution is 0.102. The Labute approximate surface area is 143 Å². The maximum Gasteiger partial charge on any atom is 0.258 e. The van der Waals surface area contributed by atoms with Gasteiger partial charge < -0.3 is 5.32 Å². The van der Waals surface area contributed by atoms with E-state index in [1.54, 1.807) is 33.9 Å². The molecule has 0 atom stereocenters. The van der Waals surface area contributed by atoms with E-state index in [2.05, 4.69) is 20.5 Å². The van der Waals surface area contributed by atoms with Crippen molar-refractivity contribution in [3.05, 3.63) is 78.0 Å². The molecule has 0 saturated heterocycles. The third-order valence-electron chi connectivity index (χ3n) is 3.80. The molecular formula is C18H16N6O. The summed E-state index contributed by atoms with van der Waals surface area (Å²) in [6.45, 7) is 2.43. The Morgan fingerprint density at radius 1 is 1.16 bits per heavy atom. The largest absolute Gasteiger partial charge is 0.319 e. The van der Waals surface area contributed by atoms with Crippen LogP contribution >= 0.6 is 0 Å². The summed E-state index contributed by atoms with van der Waals surface area (Å²) < 4.78 is 3.38. The van der Waals surface area contributed by atoms with Crippen molar-refractivity contribution in [3.63, 3.8) is 0 Å². The van der Waals surface area contributed by atoms with E-state index in [-0.39, 0.29) is 5.91 Å². The highest BCUT2D eigenvalue weighted by Crippen LogP contribution is 2.16. The molecule has 3 heterocycles. The summed E-state index contributed by atoms with van der Waals surface area (Å²) in [7, 11) is 0. The third kappa shape index (κ3) is 3.12. The minimum Gasteiger partial charge on any atom is -0.319 e. The highest BCUT2D eigenvalue weighted by molar-refractivity contribution is 6.05. The van der Waals surface area contributed by atoms with E-state index in [0.717, 1.165) is 5.56 Å². The van der Waals surface area contributed by atoms with Gasteiger partial charge in [-0.05, 0) is 24.6 Å². The summed E-state index contributed by atoms with van der Waals surface area (Å²) in [4.78, 5) is 16.8. The van der Waals surface area contributed by atoms with Gasteiger partial charge in [-0.15, -0.1) is 0 Å². The van der Waals surface area contributed by atoms with Crippen LogP contribution in [0.1, 0.15) is 21.7 Å². The van der Waals surface area contributed by atoms with Crippen molar-refractivity contribution in [3.8, 4) is 0 Å². The van der Waals surface area contributed by atoms with Gasteiger partial charge in [0.2, 0.25) is 0 Å². The molecule has 1 aromatic carbocycles. The van der Waals surface area contributed by atoms with E-state index in [1.165, 1.54) is 0 Å². The van der Waals surface area contributed by atoms with Crippen LogP contribution in [0.3, 0.4) is 0 Å². The number of nitrogens with zero attached hydrogens (tertiary/aromatic N) is 5. The van der Waals surface area contributed by atoms with Crippen molar-refractivity contribution in [2.75, 3.05) is 5.32 Å². The number of anilines is 1. The molecule has 0 spiro atoms. The number of nitrogens with one attached hydrogen (secondary N) is 1. The molecule has 0 aliphatic heterocycles. The average molecular weight is 332 g/mol.